The van der Waals surface area contributed by atoms with E-state index < -0.39 is 42.3 Å². The first-order valence-electron chi connectivity index (χ1n) is 11.9. The van der Waals surface area contributed by atoms with Crippen molar-refractivity contribution in [3.8, 4) is 0 Å². The van der Waals surface area contributed by atoms with Gasteiger partial charge in [-0.3, -0.25) is 34.9 Å². The summed E-state index contributed by atoms with van der Waals surface area (Å²) in [6.45, 7) is -0.694. The fourth-order valence-electron chi connectivity index (χ4n) is 5.42. The second-order valence-corrected chi connectivity index (χ2v) is 10.3. The Kier molecular flexibility index (Phi) is 6.92. The normalized spacial score (nSPS) is 24.1. The number of imide groups is 1. The molecule has 1 heterocycles. The van der Waals surface area contributed by atoms with Crippen LogP contribution in [-0.4, -0.2) is 47.1 Å². The molecule has 2 N–H and O–H groups in total. The summed E-state index contributed by atoms with van der Waals surface area (Å²) in [5.41, 5.74) is 5.52. The largest absolute Gasteiger partial charge is 0.454 e. The minimum Gasteiger partial charge on any atom is -0.454 e. The minimum atomic E-state index is -1.20. The topological polar surface area (TPSA) is 122 Å². The zero-order chi connectivity index (χ0) is 26.1. The molecule has 0 radical (unpaired) electrons. The highest BCUT2D eigenvalue weighted by Gasteiger charge is 2.61. The van der Waals surface area contributed by atoms with Crippen molar-refractivity contribution >= 4 is 45.5 Å². The Labute approximate surface area is 221 Å². The Morgan fingerprint density at radius 1 is 0.919 bits per heavy atom. The number of carbonyl (C=O) groups excluding carboxylic acids is 5. The lowest BCUT2D eigenvalue weighted by Crippen LogP contribution is -2.49. The molecule has 0 aromatic heterocycles. The van der Waals surface area contributed by atoms with Gasteiger partial charge in [0, 0.05) is 16.5 Å². The van der Waals surface area contributed by atoms with Gasteiger partial charge < -0.3 is 4.74 Å². The molecule has 3 aliphatic rings. The van der Waals surface area contributed by atoms with E-state index in [0.29, 0.717) is 5.56 Å². The van der Waals surface area contributed by atoms with Crippen molar-refractivity contribution in [3.63, 3.8) is 0 Å². The zero-order valence-electron chi connectivity index (χ0n) is 19.6. The third kappa shape index (κ3) is 4.93. The summed E-state index contributed by atoms with van der Waals surface area (Å²) in [5.74, 6) is -3.80. The molecule has 2 fully saturated rings. The maximum Gasteiger partial charge on any atom is 0.330 e. The third-order valence-corrected chi connectivity index (χ3v) is 7.66. The number of ether oxygens (including phenoxy) is 1. The van der Waals surface area contributed by atoms with E-state index in [4.69, 9.17) is 4.74 Å². The Bertz CT molecular complexity index is 1250. The maximum absolute atomic E-state index is 13.3. The number of nitrogens with zero attached hydrogens (tertiary/aromatic N) is 1. The molecule has 1 saturated carbocycles. The molecule has 5 atom stereocenters. The molecule has 5 rings (SSSR count). The van der Waals surface area contributed by atoms with E-state index in [0.717, 1.165) is 21.4 Å². The predicted molar refractivity (Wildman–Crippen MR) is 134 cm³/mol. The summed E-state index contributed by atoms with van der Waals surface area (Å²) in [7, 11) is 0. The molecule has 2 aromatic carbocycles. The second-order valence-electron chi connectivity index (χ2n) is 9.37. The number of allylic oxidation sites excluding steroid dienone is 2. The molecule has 2 aromatic rings. The van der Waals surface area contributed by atoms with Gasteiger partial charge in [0.2, 0.25) is 11.8 Å². The molecule has 0 spiro atoms. The van der Waals surface area contributed by atoms with Crippen LogP contribution in [0.1, 0.15) is 22.3 Å². The fraction of sp³-hybridized carbons (Fsp3) is 0.296. The van der Waals surface area contributed by atoms with Gasteiger partial charge in [-0.1, -0.05) is 58.4 Å². The summed E-state index contributed by atoms with van der Waals surface area (Å²) < 4.78 is 6.02. The summed E-state index contributed by atoms with van der Waals surface area (Å²) in [6.07, 6.45) is 4.82. The first kappa shape index (κ1) is 24.9. The SMILES string of the molecule is O=C(COC(=O)[C@H](Cc1ccccc1)N1C(=O)[C@@H]2[C@@H](C1=O)[C@H]1C=C[C@H]2C1)NNC(=O)c1ccc(Br)cc1. The van der Waals surface area contributed by atoms with Crippen LogP contribution in [0.4, 0.5) is 0 Å². The molecule has 9 nitrogen and oxygen atoms in total. The number of esters is 1. The van der Waals surface area contributed by atoms with Gasteiger partial charge >= 0.3 is 5.97 Å². The van der Waals surface area contributed by atoms with Gasteiger partial charge in [0.15, 0.2) is 6.61 Å². The monoisotopic (exact) mass is 565 g/mol. The van der Waals surface area contributed by atoms with E-state index in [9.17, 15) is 24.0 Å². The van der Waals surface area contributed by atoms with E-state index in [-0.39, 0.29) is 30.1 Å². The van der Waals surface area contributed by atoms with Gasteiger partial charge in [0.05, 0.1) is 11.8 Å². The average molecular weight is 566 g/mol. The average Bonchev–Trinajstić information content (AvgIpc) is 3.59. The Morgan fingerprint density at radius 2 is 1.54 bits per heavy atom. The number of rotatable bonds is 7. The molecule has 37 heavy (non-hydrogen) atoms. The number of carbonyl (C=O) groups is 5. The third-order valence-electron chi connectivity index (χ3n) is 7.13. The standard InChI is InChI=1S/C27H24BrN3O6/c28-19-10-8-16(9-11-19)24(33)30-29-21(32)14-37-27(36)20(12-15-4-2-1-3-5-15)31-25(34)22-17-6-7-18(13-17)23(22)26(31)35/h1-11,17-18,20,22-23H,12-14H2,(H,29,32)(H,30,33)/t17-,18-,20-,22-,23-/m0/s1. The lowest BCUT2D eigenvalue weighted by atomic mass is 9.85. The molecular formula is C27H24BrN3O6. The van der Waals surface area contributed by atoms with E-state index in [1.807, 2.05) is 18.2 Å². The number of likely N-dealkylation sites (tertiary alicyclic amines) is 1. The maximum atomic E-state index is 13.3. The van der Waals surface area contributed by atoms with Gasteiger partial charge in [-0.25, -0.2) is 4.79 Å². The van der Waals surface area contributed by atoms with Crippen molar-refractivity contribution in [2.75, 3.05) is 6.61 Å². The van der Waals surface area contributed by atoms with Crippen LogP contribution in [0.25, 0.3) is 0 Å². The number of hydrogen-bond acceptors (Lipinski definition) is 6. The molecule has 4 amide bonds. The number of hydrazine groups is 1. The van der Waals surface area contributed by atoms with Crippen molar-refractivity contribution in [1.82, 2.24) is 15.8 Å². The van der Waals surface area contributed by atoms with Crippen LogP contribution in [0.5, 0.6) is 0 Å². The van der Waals surface area contributed by atoms with Crippen LogP contribution in [-0.2, 0) is 30.3 Å². The van der Waals surface area contributed by atoms with Gasteiger partial charge in [0.25, 0.3) is 11.8 Å². The highest BCUT2D eigenvalue weighted by Crippen LogP contribution is 2.53. The zero-order valence-corrected chi connectivity index (χ0v) is 21.2. The summed E-state index contributed by atoms with van der Waals surface area (Å²) in [6, 6.07) is 14.3. The van der Waals surface area contributed by atoms with Crippen molar-refractivity contribution in [2.24, 2.45) is 23.7 Å². The second kappa shape index (κ2) is 10.3. The van der Waals surface area contributed by atoms with Crippen molar-refractivity contribution in [1.29, 1.82) is 0 Å². The van der Waals surface area contributed by atoms with Crippen molar-refractivity contribution in [2.45, 2.75) is 18.9 Å². The van der Waals surface area contributed by atoms with Crippen LogP contribution < -0.4 is 10.9 Å². The Hall–Kier alpha value is -3.79. The smallest absolute Gasteiger partial charge is 0.330 e. The summed E-state index contributed by atoms with van der Waals surface area (Å²) in [5, 5.41) is 0. The lowest BCUT2D eigenvalue weighted by molar-refractivity contribution is -0.160. The number of halogens is 1. The lowest BCUT2D eigenvalue weighted by Gasteiger charge is -2.26. The molecule has 1 saturated heterocycles. The van der Waals surface area contributed by atoms with Crippen LogP contribution in [0, 0.1) is 23.7 Å². The van der Waals surface area contributed by atoms with Crippen molar-refractivity contribution < 1.29 is 28.7 Å². The molecule has 2 aliphatic carbocycles. The quantitative estimate of drug-likeness (QED) is 0.229. The first-order valence-corrected chi connectivity index (χ1v) is 12.7. The molecule has 0 unspecified atom stereocenters. The highest BCUT2D eigenvalue weighted by atomic mass is 79.9. The fourth-order valence-corrected chi connectivity index (χ4v) is 5.68. The first-order chi connectivity index (χ1) is 17.8. The number of fused-ring (bicyclic) bond motifs is 5. The van der Waals surface area contributed by atoms with E-state index in [1.165, 1.54) is 0 Å². The highest BCUT2D eigenvalue weighted by molar-refractivity contribution is 9.10. The summed E-state index contributed by atoms with van der Waals surface area (Å²) >= 11 is 3.28. The minimum absolute atomic E-state index is 0.00459. The number of benzene rings is 2. The van der Waals surface area contributed by atoms with Crippen LogP contribution >= 0.6 is 15.9 Å². The van der Waals surface area contributed by atoms with E-state index >= 15 is 0 Å². The van der Waals surface area contributed by atoms with E-state index in [2.05, 4.69) is 26.8 Å². The van der Waals surface area contributed by atoms with Gasteiger partial charge in [-0.15, -0.1) is 0 Å². The van der Waals surface area contributed by atoms with Crippen LogP contribution in [0.3, 0.4) is 0 Å². The Morgan fingerprint density at radius 3 is 2.16 bits per heavy atom. The number of nitrogens with one attached hydrogen (secondary N) is 2. The number of amides is 4. The van der Waals surface area contributed by atoms with Crippen LogP contribution in [0.2, 0.25) is 0 Å². The van der Waals surface area contributed by atoms with E-state index in [1.54, 1.807) is 48.5 Å². The summed E-state index contributed by atoms with van der Waals surface area (Å²) in [4.78, 5) is 65.3. The molecule has 1 aliphatic heterocycles. The molecule has 190 valence electrons. The molecular weight excluding hydrogens is 542 g/mol. The molecule has 2 bridgehead atoms. The predicted octanol–water partition coefficient (Wildman–Crippen LogP) is 2.17. The van der Waals surface area contributed by atoms with Gasteiger partial charge in [-0.2, -0.15) is 0 Å². The Balaban J connectivity index is 1.24. The number of hydrogen-bond donors (Lipinski definition) is 2. The van der Waals surface area contributed by atoms with Gasteiger partial charge in [0.1, 0.15) is 6.04 Å². The van der Waals surface area contributed by atoms with Crippen molar-refractivity contribution in [3.05, 3.63) is 82.3 Å². The van der Waals surface area contributed by atoms with Gasteiger partial charge in [-0.05, 0) is 48.1 Å². The molecule has 10 heteroatoms. The van der Waals surface area contributed by atoms with Crippen LogP contribution in [0.15, 0.2) is 71.2 Å².